The topological polar surface area (TPSA) is 92.9 Å². The third-order valence-corrected chi connectivity index (χ3v) is 3.62. The van der Waals surface area contributed by atoms with E-state index in [9.17, 15) is 19.1 Å². The van der Waals surface area contributed by atoms with Crippen LogP contribution in [0.4, 0.5) is 4.39 Å². The highest BCUT2D eigenvalue weighted by Gasteiger charge is 2.40. The summed E-state index contributed by atoms with van der Waals surface area (Å²) in [6, 6.07) is 3.90. The molecule has 7 heteroatoms. The van der Waals surface area contributed by atoms with Crippen LogP contribution in [0.15, 0.2) is 18.2 Å². The second-order valence-corrected chi connectivity index (χ2v) is 5.07. The summed E-state index contributed by atoms with van der Waals surface area (Å²) in [5, 5.41) is 10.1. The first-order valence-electron chi connectivity index (χ1n) is 6.52. The molecule has 0 bridgehead atoms. The Hall–Kier alpha value is -2.15. The van der Waals surface area contributed by atoms with E-state index in [2.05, 4.69) is 0 Å². The molecular formula is C14H17FN2O4. The molecule has 6 nitrogen and oxygen atoms in total. The van der Waals surface area contributed by atoms with E-state index in [0.717, 1.165) is 6.07 Å². The number of halogens is 1. The van der Waals surface area contributed by atoms with Crippen molar-refractivity contribution < 1.29 is 23.8 Å². The van der Waals surface area contributed by atoms with E-state index in [1.165, 1.54) is 24.1 Å². The maximum Gasteiger partial charge on any atom is 0.256 e. The van der Waals surface area contributed by atoms with Gasteiger partial charge in [-0.2, -0.15) is 0 Å². The lowest BCUT2D eigenvalue weighted by Gasteiger charge is -2.37. The van der Waals surface area contributed by atoms with Crippen LogP contribution in [0.25, 0.3) is 0 Å². The van der Waals surface area contributed by atoms with Crippen LogP contribution in [0, 0.1) is 5.82 Å². The number of carbonyl (C=O) groups excluding carboxylic acids is 2. The van der Waals surface area contributed by atoms with Crippen LogP contribution in [0.3, 0.4) is 0 Å². The first-order chi connectivity index (χ1) is 9.87. The number of methoxy groups -OCH3 is 1. The van der Waals surface area contributed by atoms with Crippen LogP contribution in [0.5, 0.6) is 5.75 Å². The van der Waals surface area contributed by atoms with Gasteiger partial charge in [-0.1, -0.05) is 0 Å². The Bertz CT molecular complexity index is 578. The van der Waals surface area contributed by atoms with Crippen molar-refractivity contribution in [3.05, 3.63) is 29.6 Å². The number of nitrogens with zero attached hydrogens (tertiary/aromatic N) is 1. The minimum absolute atomic E-state index is 0.135. The fourth-order valence-electron chi connectivity index (χ4n) is 2.38. The summed E-state index contributed by atoms with van der Waals surface area (Å²) >= 11 is 0. The average Bonchev–Trinajstić information content (AvgIpc) is 2.46. The normalized spacial score (nSPS) is 22.0. The van der Waals surface area contributed by atoms with Gasteiger partial charge in [0.1, 0.15) is 11.6 Å². The fourth-order valence-corrected chi connectivity index (χ4v) is 2.38. The van der Waals surface area contributed by atoms with E-state index >= 15 is 0 Å². The number of ether oxygens (including phenoxy) is 1. The zero-order valence-electron chi connectivity index (χ0n) is 11.6. The van der Waals surface area contributed by atoms with Gasteiger partial charge in [-0.15, -0.1) is 0 Å². The van der Waals surface area contributed by atoms with Crippen LogP contribution in [-0.2, 0) is 4.79 Å². The lowest BCUT2D eigenvalue weighted by molar-refractivity contribution is -0.140. The molecule has 0 spiro atoms. The molecule has 1 aliphatic rings. The molecule has 2 rings (SSSR count). The molecule has 1 atom stereocenters. The van der Waals surface area contributed by atoms with Crippen molar-refractivity contribution in [2.24, 2.45) is 5.73 Å². The van der Waals surface area contributed by atoms with Crippen LogP contribution in [0.2, 0.25) is 0 Å². The van der Waals surface area contributed by atoms with Crippen molar-refractivity contribution in [3.8, 4) is 5.75 Å². The van der Waals surface area contributed by atoms with Gasteiger partial charge in [-0.25, -0.2) is 4.39 Å². The molecule has 0 aromatic heterocycles. The highest BCUT2D eigenvalue weighted by Crippen LogP contribution is 2.24. The van der Waals surface area contributed by atoms with Crippen LogP contribution in [-0.4, -0.2) is 47.6 Å². The third kappa shape index (κ3) is 2.97. The van der Waals surface area contributed by atoms with Gasteiger partial charge in [0.15, 0.2) is 5.60 Å². The highest BCUT2D eigenvalue weighted by atomic mass is 19.1. The molecule has 2 amide bonds. The number of likely N-dealkylation sites (tertiary alicyclic amines) is 1. The predicted octanol–water partition coefficient (Wildman–Crippen LogP) is 0.287. The van der Waals surface area contributed by atoms with Crippen molar-refractivity contribution >= 4 is 11.8 Å². The molecule has 0 aliphatic carbocycles. The van der Waals surface area contributed by atoms with Gasteiger partial charge in [0, 0.05) is 12.6 Å². The molecule has 1 aromatic carbocycles. The molecule has 1 aromatic rings. The molecule has 3 N–H and O–H groups in total. The van der Waals surface area contributed by atoms with Gasteiger partial charge in [0.25, 0.3) is 11.8 Å². The van der Waals surface area contributed by atoms with Gasteiger partial charge in [0.2, 0.25) is 0 Å². The molecule has 1 unspecified atom stereocenters. The number of benzene rings is 1. The van der Waals surface area contributed by atoms with Crippen LogP contribution in [0.1, 0.15) is 23.2 Å². The number of amides is 2. The van der Waals surface area contributed by atoms with E-state index in [1.54, 1.807) is 0 Å². The number of aliphatic hydroxyl groups is 1. The second-order valence-electron chi connectivity index (χ2n) is 5.07. The molecule has 1 saturated heterocycles. The molecule has 1 fully saturated rings. The molecular weight excluding hydrogens is 279 g/mol. The Labute approximate surface area is 121 Å². The number of hydrogen-bond donors (Lipinski definition) is 2. The number of hydrogen-bond acceptors (Lipinski definition) is 4. The van der Waals surface area contributed by atoms with Crippen molar-refractivity contribution in [1.29, 1.82) is 0 Å². The Morgan fingerprint density at radius 1 is 1.48 bits per heavy atom. The molecule has 114 valence electrons. The van der Waals surface area contributed by atoms with Gasteiger partial charge >= 0.3 is 0 Å². The Kier molecular flexibility index (Phi) is 4.13. The van der Waals surface area contributed by atoms with Gasteiger partial charge in [-0.3, -0.25) is 9.59 Å². The monoisotopic (exact) mass is 296 g/mol. The number of nitrogens with two attached hydrogens (primary N) is 1. The second kappa shape index (κ2) is 5.69. The minimum atomic E-state index is -1.75. The maximum atomic E-state index is 13.9. The summed E-state index contributed by atoms with van der Waals surface area (Å²) in [4.78, 5) is 24.8. The third-order valence-electron chi connectivity index (χ3n) is 3.62. The zero-order chi connectivity index (χ0) is 15.6. The van der Waals surface area contributed by atoms with E-state index in [1.807, 2.05) is 0 Å². The Morgan fingerprint density at radius 2 is 2.19 bits per heavy atom. The summed E-state index contributed by atoms with van der Waals surface area (Å²) in [6.07, 6.45) is 0.611. The summed E-state index contributed by atoms with van der Waals surface area (Å²) in [5.74, 6) is -1.88. The zero-order valence-corrected chi connectivity index (χ0v) is 11.6. The summed E-state index contributed by atoms with van der Waals surface area (Å²) in [5.41, 5.74) is 3.26. The molecule has 0 saturated carbocycles. The Morgan fingerprint density at radius 3 is 2.76 bits per heavy atom. The highest BCUT2D eigenvalue weighted by molar-refractivity contribution is 5.95. The van der Waals surface area contributed by atoms with Crippen molar-refractivity contribution in [1.82, 2.24) is 4.90 Å². The van der Waals surface area contributed by atoms with Crippen molar-refractivity contribution in [2.45, 2.75) is 18.4 Å². The first-order valence-corrected chi connectivity index (χ1v) is 6.52. The minimum Gasteiger partial charge on any atom is -0.497 e. The van der Waals surface area contributed by atoms with Crippen molar-refractivity contribution in [3.63, 3.8) is 0 Å². The van der Waals surface area contributed by atoms with Crippen LogP contribution < -0.4 is 10.5 Å². The smallest absolute Gasteiger partial charge is 0.256 e. The van der Waals surface area contributed by atoms with Crippen LogP contribution >= 0.6 is 0 Å². The quantitative estimate of drug-likeness (QED) is 0.838. The summed E-state index contributed by atoms with van der Waals surface area (Å²) in [7, 11) is 1.40. The lowest BCUT2D eigenvalue weighted by Crippen LogP contribution is -2.57. The summed E-state index contributed by atoms with van der Waals surface area (Å²) in [6.45, 7) is 0.104. The van der Waals surface area contributed by atoms with Gasteiger partial charge in [0.05, 0.1) is 19.2 Å². The molecule has 1 heterocycles. The average molecular weight is 296 g/mol. The van der Waals surface area contributed by atoms with Gasteiger partial charge in [-0.05, 0) is 25.0 Å². The lowest BCUT2D eigenvalue weighted by atomic mass is 9.92. The van der Waals surface area contributed by atoms with E-state index in [4.69, 9.17) is 10.5 Å². The summed E-state index contributed by atoms with van der Waals surface area (Å²) < 4.78 is 18.8. The first kappa shape index (κ1) is 15.2. The number of β-amino-alcohol motifs (C(OH)–C–C–N with tert-alkyl or cyclic N) is 1. The SMILES string of the molecule is COc1ccc(C(=O)N2CCCC(O)(C(N)=O)C2)c(F)c1. The van der Waals surface area contributed by atoms with Crippen molar-refractivity contribution in [2.75, 3.05) is 20.2 Å². The largest absolute Gasteiger partial charge is 0.497 e. The van der Waals surface area contributed by atoms with Gasteiger partial charge < -0.3 is 20.5 Å². The number of piperidine rings is 1. The van der Waals surface area contributed by atoms with E-state index < -0.39 is 23.2 Å². The fraction of sp³-hybridized carbons (Fsp3) is 0.429. The standard InChI is InChI=1S/C14H17FN2O4/c1-21-9-3-4-10(11(15)7-9)12(18)17-6-2-5-14(20,8-17)13(16)19/h3-4,7,20H,2,5-6,8H2,1H3,(H2,16,19). The number of rotatable bonds is 3. The molecule has 0 radical (unpaired) electrons. The molecule has 1 aliphatic heterocycles. The molecule has 21 heavy (non-hydrogen) atoms. The van der Waals surface area contributed by atoms with E-state index in [-0.39, 0.29) is 18.5 Å². The van der Waals surface area contributed by atoms with E-state index in [0.29, 0.717) is 18.7 Å². The number of carbonyl (C=O) groups is 2. The number of primary amides is 1. The maximum absolute atomic E-state index is 13.9. The predicted molar refractivity (Wildman–Crippen MR) is 72.2 cm³/mol. The Balaban J connectivity index is 2.22.